The van der Waals surface area contributed by atoms with Crippen molar-refractivity contribution in [2.45, 2.75) is 0 Å². The lowest BCUT2D eigenvalue weighted by Gasteiger charge is -2.33. The van der Waals surface area contributed by atoms with Gasteiger partial charge in [-0.25, -0.2) is 0 Å². The molecule has 9 aromatic carbocycles. The summed E-state index contributed by atoms with van der Waals surface area (Å²) in [6.07, 6.45) is 0. The number of hydrogen-bond donors (Lipinski definition) is 0. The van der Waals surface area contributed by atoms with Gasteiger partial charge in [0, 0.05) is 44.3 Å². The predicted molar refractivity (Wildman–Crippen MR) is 222 cm³/mol. The fraction of sp³-hybridized carbons (Fsp3) is 0. The van der Waals surface area contributed by atoms with E-state index in [1.54, 1.807) is 0 Å². The standard InChI is InChI=1S/C50H36N2/c1-5-17-37(18-6-1)39-29-33-43(34-30-39)51(41-21-9-3-10-22-41)49-45-25-13-15-27-47(45)50(48-28-16-14-26-46(48)49)52(42-23-11-4-12-24-42)44-35-31-40(32-36-44)38-19-7-2-8-20-38/h1-36H. The fourth-order valence-corrected chi connectivity index (χ4v) is 7.40. The molecule has 246 valence electrons. The molecular weight excluding hydrogens is 629 g/mol. The van der Waals surface area contributed by atoms with Crippen LogP contribution in [0, 0.1) is 0 Å². The van der Waals surface area contributed by atoms with Gasteiger partial charge < -0.3 is 9.80 Å². The summed E-state index contributed by atoms with van der Waals surface area (Å²) in [7, 11) is 0. The van der Waals surface area contributed by atoms with Crippen LogP contribution in [0.3, 0.4) is 0 Å². The van der Waals surface area contributed by atoms with E-state index in [1.165, 1.54) is 43.8 Å². The van der Waals surface area contributed by atoms with Gasteiger partial charge in [-0.15, -0.1) is 0 Å². The Hall–Kier alpha value is -6.90. The van der Waals surface area contributed by atoms with Gasteiger partial charge in [0.25, 0.3) is 0 Å². The van der Waals surface area contributed by atoms with Crippen LogP contribution < -0.4 is 9.80 Å². The number of fused-ring (bicyclic) bond motifs is 2. The molecule has 0 fully saturated rings. The third-order valence-electron chi connectivity index (χ3n) is 9.82. The number of benzene rings is 9. The maximum absolute atomic E-state index is 2.42. The third kappa shape index (κ3) is 5.77. The molecule has 0 amide bonds. The predicted octanol–water partition coefficient (Wildman–Crippen LogP) is 14.3. The molecule has 0 radical (unpaired) electrons. The van der Waals surface area contributed by atoms with Crippen LogP contribution in [0.4, 0.5) is 34.1 Å². The molecule has 0 bridgehead atoms. The second-order valence-corrected chi connectivity index (χ2v) is 13.0. The van der Waals surface area contributed by atoms with Crippen molar-refractivity contribution < 1.29 is 0 Å². The summed E-state index contributed by atoms with van der Waals surface area (Å²) in [6, 6.07) is 78.3. The van der Waals surface area contributed by atoms with Gasteiger partial charge in [-0.1, -0.05) is 170 Å². The second-order valence-electron chi connectivity index (χ2n) is 13.0. The van der Waals surface area contributed by atoms with Gasteiger partial charge in [0.2, 0.25) is 0 Å². The first kappa shape index (κ1) is 31.1. The van der Waals surface area contributed by atoms with Crippen molar-refractivity contribution in [3.63, 3.8) is 0 Å². The van der Waals surface area contributed by atoms with Crippen molar-refractivity contribution in [2.75, 3.05) is 9.80 Å². The van der Waals surface area contributed by atoms with Crippen LogP contribution in [0.2, 0.25) is 0 Å². The van der Waals surface area contributed by atoms with Crippen LogP contribution in [-0.2, 0) is 0 Å². The molecule has 0 saturated heterocycles. The van der Waals surface area contributed by atoms with E-state index < -0.39 is 0 Å². The molecule has 2 nitrogen and oxygen atoms in total. The van der Waals surface area contributed by atoms with Crippen molar-refractivity contribution in [3.8, 4) is 22.3 Å². The Morgan fingerprint density at radius 1 is 0.192 bits per heavy atom. The lowest BCUT2D eigenvalue weighted by atomic mass is 9.95. The smallest absolute Gasteiger partial charge is 0.0619 e. The quantitative estimate of drug-likeness (QED) is 0.118. The van der Waals surface area contributed by atoms with E-state index >= 15 is 0 Å². The van der Waals surface area contributed by atoms with Gasteiger partial charge in [-0.05, 0) is 70.8 Å². The number of para-hydroxylation sites is 2. The van der Waals surface area contributed by atoms with Crippen LogP contribution in [0.1, 0.15) is 0 Å². The molecule has 0 heterocycles. The SMILES string of the molecule is c1ccc(-c2ccc(N(c3ccccc3)c3c4ccccc4c(N(c4ccccc4)c4ccc(-c5ccccc5)cc4)c4ccccc34)cc2)cc1. The third-order valence-corrected chi connectivity index (χ3v) is 9.82. The van der Waals surface area contributed by atoms with Crippen molar-refractivity contribution >= 4 is 55.7 Å². The zero-order chi connectivity index (χ0) is 34.7. The molecule has 2 heteroatoms. The molecular formula is C50H36N2. The van der Waals surface area contributed by atoms with E-state index in [9.17, 15) is 0 Å². The molecule has 0 aliphatic carbocycles. The molecule has 0 spiro atoms. The van der Waals surface area contributed by atoms with Crippen molar-refractivity contribution in [1.82, 2.24) is 0 Å². The van der Waals surface area contributed by atoms with Gasteiger partial charge in [0.05, 0.1) is 11.4 Å². The average molecular weight is 665 g/mol. The van der Waals surface area contributed by atoms with Crippen LogP contribution >= 0.6 is 0 Å². The maximum atomic E-state index is 2.42. The van der Waals surface area contributed by atoms with Crippen LogP contribution in [0.25, 0.3) is 43.8 Å². The highest BCUT2D eigenvalue weighted by atomic mass is 15.2. The minimum atomic E-state index is 1.10. The highest BCUT2D eigenvalue weighted by molar-refractivity contribution is 6.23. The molecule has 0 aliphatic rings. The summed E-state index contributed by atoms with van der Waals surface area (Å²) in [6.45, 7) is 0. The second kappa shape index (κ2) is 13.8. The summed E-state index contributed by atoms with van der Waals surface area (Å²) < 4.78 is 0. The van der Waals surface area contributed by atoms with E-state index in [-0.39, 0.29) is 0 Å². The summed E-state index contributed by atoms with van der Waals surface area (Å²) in [5, 5.41) is 4.70. The monoisotopic (exact) mass is 664 g/mol. The molecule has 0 unspecified atom stereocenters. The number of hydrogen-bond acceptors (Lipinski definition) is 2. The summed E-state index contributed by atoms with van der Waals surface area (Å²) >= 11 is 0. The minimum Gasteiger partial charge on any atom is -0.309 e. The van der Waals surface area contributed by atoms with Crippen LogP contribution in [0.5, 0.6) is 0 Å². The van der Waals surface area contributed by atoms with E-state index in [2.05, 4.69) is 228 Å². The fourth-order valence-electron chi connectivity index (χ4n) is 7.40. The Morgan fingerprint density at radius 2 is 0.423 bits per heavy atom. The van der Waals surface area contributed by atoms with Gasteiger partial charge >= 0.3 is 0 Å². The van der Waals surface area contributed by atoms with Gasteiger partial charge in [0.15, 0.2) is 0 Å². The Morgan fingerprint density at radius 3 is 0.731 bits per heavy atom. The Labute approximate surface area is 305 Å². The zero-order valence-electron chi connectivity index (χ0n) is 28.7. The van der Waals surface area contributed by atoms with Gasteiger partial charge in [-0.3, -0.25) is 0 Å². The lowest BCUT2D eigenvalue weighted by molar-refractivity contribution is 1.29. The molecule has 52 heavy (non-hydrogen) atoms. The van der Waals surface area contributed by atoms with E-state index in [4.69, 9.17) is 0 Å². The summed E-state index contributed by atoms with van der Waals surface area (Å²) in [4.78, 5) is 4.84. The average Bonchev–Trinajstić information content (AvgIpc) is 3.23. The van der Waals surface area contributed by atoms with Crippen molar-refractivity contribution in [1.29, 1.82) is 0 Å². The van der Waals surface area contributed by atoms with Crippen LogP contribution in [-0.4, -0.2) is 0 Å². The lowest BCUT2D eigenvalue weighted by Crippen LogP contribution is -2.14. The molecule has 0 aromatic heterocycles. The molecule has 9 rings (SSSR count). The molecule has 0 atom stereocenters. The Balaban J connectivity index is 1.29. The van der Waals surface area contributed by atoms with Gasteiger partial charge in [0.1, 0.15) is 0 Å². The van der Waals surface area contributed by atoms with Gasteiger partial charge in [-0.2, -0.15) is 0 Å². The molecule has 9 aromatic rings. The van der Waals surface area contributed by atoms with E-state index in [0.717, 1.165) is 34.1 Å². The Bertz CT molecular complexity index is 2340. The maximum Gasteiger partial charge on any atom is 0.0619 e. The van der Waals surface area contributed by atoms with E-state index in [0.29, 0.717) is 0 Å². The first-order valence-electron chi connectivity index (χ1n) is 17.8. The first-order chi connectivity index (χ1) is 25.8. The molecule has 0 saturated carbocycles. The van der Waals surface area contributed by atoms with E-state index in [1.807, 2.05) is 0 Å². The number of rotatable bonds is 8. The first-order valence-corrected chi connectivity index (χ1v) is 17.8. The normalized spacial score (nSPS) is 11.1. The molecule has 0 N–H and O–H groups in total. The highest BCUT2D eigenvalue weighted by Gasteiger charge is 2.25. The largest absolute Gasteiger partial charge is 0.309 e. The summed E-state index contributed by atoms with van der Waals surface area (Å²) in [5.41, 5.74) is 11.5. The Kier molecular flexibility index (Phi) is 8.24. The van der Waals surface area contributed by atoms with Crippen molar-refractivity contribution in [3.05, 3.63) is 218 Å². The number of anilines is 6. The molecule has 0 aliphatic heterocycles. The highest BCUT2D eigenvalue weighted by Crippen LogP contribution is 2.51. The number of nitrogens with zero attached hydrogens (tertiary/aromatic N) is 2. The minimum absolute atomic E-state index is 1.10. The summed E-state index contributed by atoms with van der Waals surface area (Å²) in [5.74, 6) is 0. The van der Waals surface area contributed by atoms with Crippen molar-refractivity contribution in [2.24, 2.45) is 0 Å². The van der Waals surface area contributed by atoms with Crippen LogP contribution in [0.15, 0.2) is 218 Å². The zero-order valence-corrected chi connectivity index (χ0v) is 28.7. The topological polar surface area (TPSA) is 6.48 Å².